The van der Waals surface area contributed by atoms with Crippen molar-refractivity contribution in [1.82, 2.24) is 0 Å². The van der Waals surface area contributed by atoms with Gasteiger partial charge in [-0.3, -0.25) is 0 Å². The molecule has 0 saturated heterocycles. The molecule has 33 heavy (non-hydrogen) atoms. The molecule has 0 fully saturated rings. The summed E-state index contributed by atoms with van der Waals surface area (Å²) in [5.74, 6) is 0.265. The summed E-state index contributed by atoms with van der Waals surface area (Å²) in [6.07, 6.45) is 3.71. The number of carbonyl (C=O) groups is 1. The Morgan fingerprint density at radius 1 is 0.879 bits per heavy atom. The van der Waals surface area contributed by atoms with Gasteiger partial charge in [0.2, 0.25) is 0 Å². The van der Waals surface area contributed by atoms with E-state index in [1.165, 1.54) is 7.11 Å². The van der Waals surface area contributed by atoms with Crippen LogP contribution in [0.2, 0.25) is 0 Å². The summed E-state index contributed by atoms with van der Waals surface area (Å²) in [5, 5.41) is 12.3. The molecule has 4 aromatic carbocycles. The highest BCUT2D eigenvalue weighted by Crippen LogP contribution is 2.50. The van der Waals surface area contributed by atoms with Crippen LogP contribution in [0.15, 0.2) is 84.9 Å². The van der Waals surface area contributed by atoms with Gasteiger partial charge in [-0.15, -0.1) is 0 Å². The summed E-state index contributed by atoms with van der Waals surface area (Å²) in [6, 6.07) is 25.1. The van der Waals surface area contributed by atoms with E-state index >= 15 is 0 Å². The lowest BCUT2D eigenvalue weighted by Gasteiger charge is -2.37. The van der Waals surface area contributed by atoms with Crippen LogP contribution in [0.3, 0.4) is 0 Å². The highest BCUT2D eigenvalue weighted by atomic mass is 16.5. The molecule has 0 radical (unpaired) electrons. The van der Waals surface area contributed by atoms with Gasteiger partial charge in [0.25, 0.3) is 0 Å². The topological polar surface area (TPSA) is 65.0 Å². The highest BCUT2D eigenvalue weighted by Gasteiger charge is 2.39. The molecule has 5 nitrogen and oxygen atoms in total. The van der Waals surface area contributed by atoms with E-state index in [1.807, 2.05) is 66.7 Å². The molecule has 164 valence electrons. The third kappa shape index (κ3) is 3.21. The van der Waals surface area contributed by atoms with Gasteiger partial charge in [0.05, 0.1) is 19.8 Å². The van der Waals surface area contributed by atoms with Crippen LogP contribution in [0, 0.1) is 0 Å². The van der Waals surface area contributed by atoms with Crippen LogP contribution in [0.25, 0.3) is 16.8 Å². The predicted molar refractivity (Wildman–Crippen MR) is 127 cm³/mol. The van der Waals surface area contributed by atoms with Crippen molar-refractivity contribution in [3.05, 3.63) is 107 Å². The lowest BCUT2D eigenvalue weighted by molar-refractivity contribution is 0.0599. The van der Waals surface area contributed by atoms with Gasteiger partial charge < -0.3 is 19.3 Å². The lowest BCUT2D eigenvalue weighted by Crippen LogP contribution is -2.34. The summed E-state index contributed by atoms with van der Waals surface area (Å²) in [4.78, 5) is 12.6. The number of fused-ring (bicyclic) bond motifs is 3. The maximum absolute atomic E-state index is 12.6. The lowest BCUT2D eigenvalue weighted by atomic mass is 9.83. The third-order valence-electron chi connectivity index (χ3n) is 6.02. The Balaban J connectivity index is 1.84. The molecule has 0 unspecified atom stereocenters. The molecule has 0 bridgehead atoms. The molecule has 1 aliphatic rings. The second kappa shape index (κ2) is 8.02. The van der Waals surface area contributed by atoms with Gasteiger partial charge in [0, 0.05) is 21.9 Å². The van der Waals surface area contributed by atoms with E-state index in [0.29, 0.717) is 27.8 Å². The van der Waals surface area contributed by atoms with E-state index in [2.05, 4.69) is 0 Å². The Hall–Kier alpha value is -4.25. The van der Waals surface area contributed by atoms with Crippen LogP contribution >= 0.6 is 0 Å². The second-order valence-corrected chi connectivity index (χ2v) is 7.77. The first-order valence-corrected chi connectivity index (χ1v) is 10.5. The van der Waals surface area contributed by atoms with Gasteiger partial charge in [-0.25, -0.2) is 4.79 Å². The number of hydrogen-bond acceptors (Lipinski definition) is 5. The first-order valence-electron chi connectivity index (χ1n) is 10.5. The van der Waals surface area contributed by atoms with Crippen LogP contribution in [0.5, 0.6) is 17.2 Å². The smallest absolute Gasteiger partial charge is 0.342 e. The molecule has 1 heterocycles. The van der Waals surface area contributed by atoms with Crippen LogP contribution < -0.4 is 9.47 Å². The number of phenolic OH excluding ortho intramolecular Hbond substituents is 1. The monoisotopic (exact) mass is 438 g/mol. The number of benzene rings is 4. The van der Waals surface area contributed by atoms with Crippen molar-refractivity contribution in [3.8, 4) is 17.2 Å². The van der Waals surface area contributed by atoms with E-state index in [1.54, 1.807) is 31.4 Å². The second-order valence-electron chi connectivity index (χ2n) is 7.77. The molecule has 5 rings (SSSR count). The zero-order chi connectivity index (χ0) is 23.0. The number of carbonyl (C=O) groups excluding carboxylic acids is 1. The number of esters is 1. The average Bonchev–Trinajstić information content (AvgIpc) is 2.89. The van der Waals surface area contributed by atoms with E-state index in [0.717, 1.165) is 11.1 Å². The quantitative estimate of drug-likeness (QED) is 0.415. The summed E-state index contributed by atoms with van der Waals surface area (Å²) >= 11 is 0. The predicted octanol–water partition coefficient (Wildman–Crippen LogP) is 5.69. The van der Waals surface area contributed by atoms with Crippen molar-refractivity contribution in [2.75, 3.05) is 14.2 Å². The van der Waals surface area contributed by atoms with Gasteiger partial charge >= 0.3 is 5.97 Å². The molecule has 0 spiro atoms. The minimum atomic E-state index is -0.926. The molecule has 0 aliphatic carbocycles. The van der Waals surface area contributed by atoms with Crippen LogP contribution in [0.1, 0.15) is 27.0 Å². The zero-order valence-corrected chi connectivity index (χ0v) is 18.2. The standard InChI is InChI=1S/C28H22O5/c1-31-20-13-14-21-23(17-20)26-22(25(29)24(21)27(30)32-2)15-16-28(33-26,18-9-5-3-6-10-18)19-11-7-4-8-12-19/h3-17,29H,1-2H3. The minimum absolute atomic E-state index is 0.0917. The van der Waals surface area contributed by atoms with E-state index in [9.17, 15) is 9.90 Å². The molecular formula is C28H22O5. The number of rotatable bonds is 4. The van der Waals surface area contributed by atoms with E-state index in [-0.39, 0.29) is 11.3 Å². The van der Waals surface area contributed by atoms with Crippen LogP contribution in [0.4, 0.5) is 0 Å². The summed E-state index contributed by atoms with van der Waals surface area (Å²) < 4.78 is 17.2. The molecule has 4 aromatic rings. The number of hydrogen-bond donors (Lipinski definition) is 1. The fourth-order valence-electron chi connectivity index (χ4n) is 4.39. The van der Waals surface area contributed by atoms with Crippen molar-refractivity contribution < 1.29 is 24.1 Å². The maximum Gasteiger partial charge on any atom is 0.342 e. The molecule has 1 N–H and O–H groups in total. The molecule has 0 aromatic heterocycles. The summed E-state index contributed by atoms with van der Waals surface area (Å²) in [7, 11) is 2.87. The van der Waals surface area contributed by atoms with Gasteiger partial charge in [-0.2, -0.15) is 0 Å². The number of ether oxygens (including phenoxy) is 3. The molecule has 0 atom stereocenters. The Bertz CT molecular complexity index is 1330. The molecule has 1 aliphatic heterocycles. The van der Waals surface area contributed by atoms with Gasteiger partial charge in [0.15, 0.2) is 5.60 Å². The average molecular weight is 438 g/mol. The first kappa shape index (κ1) is 20.6. The van der Waals surface area contributed by atoms with Crippen molar-refractivity contribution in [2.45, 2.75) is 5.60 Å². The Kier molecular flexibility index (Phi) is 5.02. The van der Waals surface area contributed by atoms with Crippen molar-refractivity contribution >= 4 is 22.8 Å². The van der Waals surface area contributed by atoms with Gasteiger partial charge in [0.1, 0.15) is 22.8 Å². The fourth-order valence-corrected chi connectivity index (χ4v) is 4.39. The number of methoxy groups -OCH3 is 2. The maximum atomic E-state index is 12.6. The third-order valence-corrected chi connectivity index (χ3v) is 6.02. The Morgan fingerprint density at radius 2 is 1.52 bits per heavy atom. The molecule has 0 amide bonds. The number of aromatic hydroxyl groups is 1. The highest BCUT2D eigenvalue weighted by molar-refractivity contribution is 6.11. The minimum Gasteiger partial charge on any atom is -0.506 e. The largest absolute Gasteiger partial charge is 0.506 e. The van der Waals surface area contributed by atoms with E-state index < -0.39 is 11.6 Å². The normalized spacial score (nSPS) is 13.8. The first-order chi connectivity index (χ1) is 16.1. The van der Waals surface area contributed by atoms with Gasteiger partial charge in [-0.05, 0) is 30.4 Å². The Morgan fingerprint density at radius 3 is 2.09 bits per heavy atom. The Labute approximate surface area is 191 Å². The summed E-state index contributed by atoms with van der Waals surface area (Å²) in [5.41, 5.74) is 1.45. The molecule has 5 heteroatoms. The van der Waals surface area contributed by atoms with Crippen molar-refractivity contribution in [1.29, 1.82) is 0 Å². The number of phenols is 1. The van der Waals surface area contributed by atoms with E-state index in [4.69, 9.17) is 14.2 Å². The van der Waals surface area contributed by atoms with Crippen LogP contribution in [-0.4, -0.2) is 25.3 Å². The molecule has 0 saturated carbocycles. The summed E-state index contributed by atoms with van der Waals surface area (Å²) in [6.45, 7) is 0. The SMILES string of the molecule is COC(=O)c1c(O)c2c(c3cc(OC)ccc13)OC(c1ccccc1)(c1ccccc1)C=C2. The van der Waals surface area contributed by atoms with Crippen molar-refractivity contribution in [3.63, 3.8) is 0 Å². The molecular weight excluding hydrogens is 416 g/mol. The van der Waals surface area contributed by atoms with Gasteiger partial charge in [-0.1, -0.05) is 60.7 Å². The zero-order valence-electron chi connectivity index (χ0n) is 18.2. The van der Waals surface area contributed by atoms with Crippen molar-refractivity contribution in [2.24, 2.45) is 0 Å². The van der Waals surface area contributed by atoms with Crippen LogP contribution in [-0.2, 0) is 10.3 Å². The fraction of sp³-hybridized carbons (Fsp3) is 0.107.